The summed E-state index contributed by atoms with van der Waals surface area (Å²) in [5.41, 5.74) is 1.53. The summed E-state index contributed by atoms with van der Waals surface area (Å²) in [7, 11) is -3.63. The molecule has 6 nitrogen and oxygen atoms in total. The number of fused-ring (bicyclic) bond motifs is 1. The van der Waals surface area contributed by atoms with Crippen molar-refractivity contribution in [1.82, 2.24) is 10.2 Å². The number of carbonyl (C=O) groups excluding carboxylic acids is 1. The Balaban J connectivity index is 1.40. The first-order valence-corrected chi connectivity index (χ1v) is 11.4. The van der Waals surface area contributed by atoms with E-state index in [0.717, 1.165) is 5.56 Å². The van der Waals surface area contributed by atoms with Crippen molar-refractivity contribution in [1.29, 1.82) is 0 Å². The third-order valence-electron chi connectivity index (χ3n) is 5.51. The second kappa shape index (κ2) is 7.80. The summed E-state index contributed by atoms with van der Waals surface area (Å²) in [4.78, 5) is 14.9. The highest BCUT2D eigenvalue weighted by atomic mass is 35.5. The smallest absolute Gasteiger partial charge is 0.285 e. The van der Waals surface area contributed by atoms with Gasteiger partial charge in [0.15, 0.2) is 5.84 Å². The lowest BCUT2D eigenvalue weighted by Crippen LogP contribution is -2.43. The molecular weight excluding hydrogens is 410 g/mol. The molecule has 1 atom stereocenters. The van der Waals surface area contributed by atoms with Gasteiger partial charge in [-0.25, -0.2) is 0 Å². The average Bonchev–Trinajstić information content (AvgIpc) is 3.00. The van der Waals surface area contributed by atoms with Gasteiger partial charge in [0.05, 0.1) is 6.04 Å². The van der Waals surface area contributed by atoms with E-state index in [4.69, 9.17) is 11.6 Å². The van der Waals surface area contributed by atoms with Gasteiger partial charge in [-0.2, -0.15) is 8.42 Å². The molecule has 0 aromatic heterocycles. The van der Waals surface area contributed by atoms with Crippen molar-refractivity contribution < 1.29 is 13.2 Å². The number of likely N-dealkylation sites (tertiary alicyclic amines) is 1. The minimum atomic E-state index is -3.63. The van der Waals surface area contributed by atoms with Gasteiger partial charge in [-0.3, -0.25) is 4.79 Å². The Morgan fingerprint density at radius 1 is 1.14 bits per heavy atom. The van der Waals surface area contributed by atoms with E-state index in [1.165, 1.54) is 0 Å². The van der Waals surface area contributed by atoms with Crippen LogP contribution in [0.15, 0.2) is 57.8 Å². The van der Waals surface area contributed by atoms with Crippen LogP contribution < -0.4 is 5.32 Å². The van der Waals surface area contributed by atoms with Gasteiger partial charge in [-0.15, -0.1) is 4.40 Å². The molecule has 4 rings (SSSR count). The van der Waals surface area contributed by atoms with Crippen LogP contribution in [-0.2, 0) is 14.8 Å². The van der Waals surface area contributed by atoms with Crippen LogP contribution in [0.1, 0.15) is 36.9 Å². The summed E-state index contributed by atoms with van der Waals surface area (Å²) >= 11 is 6.22. The van der Waals surface area contributed by atoms with E-state index in [2.05, 4.69) is 9.71 Å². The molecule has 152 valence electrons. The van der Waals surface area contributed by atoms with Gasteiger partial charge in [0, 0.05) is 29.6 Å². The lowest BCUT2D eigenvalue weighted by molar-refractivity contribution is -0.126. The Morgan fingerprint density at radius 2 is 1.79 bits per heavy atom. The summed E-state index contributed by atoms with van der Waals surface area (Å²) in [6, 6.07) is 14.2. The number of benzene rings is 2. The third-order valence-corrected chi connectivity index (χ3v) is 7.18. The molecule has 1 N–H and O–H groups in total. The number of nitrogens with zero attached hydrogens (tertiary/aromatic N) is 2. The van der Waals surface area contributed by atoms with Crippen LogP contribution in [0.4, 0.5) is 0 Å². The van der Waals surface area contributed by atoms with Gasteiger partial charge in [0.25, 0.3) is 10.0 Å². The zero-order valence-electron chi connectivity index (χ0n) is 16.0. The van der Waals surface area contributed by atoms with Gasteiger partial charge in [0.2, 0.25) is 5.91 Å². The highest BCUT2D eigenvalue weighted by Crippen LogP contribution is 2.30. The fourth-order valence-corrected chi connectivity index (χ4v) is 5.43. The van der Waals surface area contributed by atoms with Gasteiger partial charge < -0.3 is 10.2 Å². The maximum Gasteiger partial charge on any atom is 0.285 e. The van der Waals surface area contributed by atoms with E-state index in [1.807, 2.05) is 42.2 Å². The monoisotopic (exact) mass is 431 g/mol. The predicted octanol–water partition coefficient (Wildman–Crippen LogP) is 3.38. The predicted molar refractivity (Wildman–Crippen MR) is 112 cm³/mol. The number of nitrogens with one attached hydrogen (secondary N) is 1. The number of hydrogen-bond donors (Lipinski definition) is 1. The molecule has 2 aromatic rings. The minimum absolute atomic E-state index is 0.00143. The van der Waals surface area contributed by atoms with Crippen molar-refractivity contribution in [2.45, 2.75) is 30.7 Å². The quantitative estimate of drug-likeness (QED) is 0.808. The molecule has 0 saturated carbocycles. The number of sulfonamides is 1. The third kappa shape index (κ3) is 3.89. The van der Waals surface area contributed by atoms with E-state index in [0.29, 0.717) is 42.4 Å². The lowest BCUT2D eigenvalue weighted by atomic mass is 9.94. The van der Waals surface area contributed by atoms with E-state index in [-0.39, 0.29) is 22.8 Å². The Labute approximate surface area is 175 Å². The lowest BCUT2D eigenvalue weighted by Gasteiger charge is -2.33. The van der Waals surface area contributed by atoms with Gasteiger partial charge in [-0.1, -0.05) is 41.9 Å². The number of hydrogen-bond acceptors (Lipinski definition) is 4. The molecule has 2 heterocycles. The van der Waals surface area contributed by atoms with Crippen molar-refractivity contribution in [2.75, 3.05) is 13.1 Å². The number of carbonyl (C=O) groups is 1. The van der Waals surface area contributed by atoms with Crippen molar-refractivity contribution in [3.8, 4) is 0 Å². The summed E-state index contributed by atoms with van der Waals surface area (Å²) in [6.07, 6.45) is 1.28. The first-order valence-electron chi connectivity index (χ1n) is 9.61. The van der Waals surface area contributed by atoms with Crippen LogP contribution in [0.25, 0.3) is 0 Å². The Kier molecular flexibility index (Phi) is 5.36. The highest BCUT2D eigenvalue weighted by molar-refractivity contribution is 7.90. The zero-order valence-corrected chi connectivity index (χ0v) is 17.6. The molecule has 2 aliphatic rings. The second-order valence-corrected chi connectivity index (χ2v) is 9.38. The molecule has 1 fully saturated rings. The topological polar surface area (TPSA) is 78.8 Å². The molecule has 0 spiro atoms. The fraction of sp³-hybridized carbons (Fsp3) is 0.333. The van der Waals surface area contributed by atoms with Crippen LogP contribution in [0.3, 0.4) is 0 Å². The van der Waals surface area contributed by atoms with Crippen LogP contribution >= 0.6 is 11.6 Å². The molecule has 2 aliphatic heterocycles. The molecule has 29 heavy (non-hydrogen) atoms. The Bertz CT molecular complexity index is 1080. The van der Waals surface area contributed by atoms with Crippen LogP contribution in [-0.4, -0.2) is 38.2 Å². The van der Waals surface area contributed by atoms with Crippen molar-refractivity contribution in [2.24, 2.45) is 10.3 Å². The number of piperidine rings is 1. The Hall–Kier alpha value is -2.38. The molecule has 1 saturated heterocycles. The normalized spacial score (nSPS) is 19.4. The number of amidine groups is 1. The standard InChI is InChI=1S/C21H22ClN3O3S/c1-14(16-6-2-4-8-18(16)22)23-21(26)15-10-12-25(13-11-15)20-17-7-3-5-9-19(17)29(27,28)24-20/h2-9,14-15H,10-13H2,1H3,(H,23,26). The minimum Gasteiger partial charge on any atom is -0.355 e. The largest absolute Gasteiger partial charge is 0.355 e. The molecule has 1 amide bonds. The molecule has 0 aliphatic carbocycles. The van der Waals surface area contributed by atoms with E-state index in [9.17, 15) is 13.2 Å². The molecule has 0 radical (unpaired) electrons. The maximum absolute atomic E-state index is 12.7. The van der Waals surface area contributed by atoms with E-state index < -0.39 is 10.0 Å². The molecule has 1 unspecified atom stereocenters. The molecule has 2 aromatic carbocycles. The van der Waals surface area contributed by atoms with Gasteiger partial charge >= 0.3 is 0 Å². The zero-order chi connectivity index (χ0) is 20.6. The van der Waals surface area contributed by atoms with Gasteiger partial charge in [0.1, 0.15) is 4.90 Å². The molecule has 0 bridgehead atoms. The highest BCUT2D eigenvalue weighted by Gasteiger charge is 2.34. The van der Waals surface area contributed by atoms with E-state index in [1.54, 1.807) is 18.2 Å². The second-order valence-electron chi connectivity index (χ2n) is 7.40. The first kappa shape index (κ1) is 19.9. The number of rotatable bonds is 3. The van der Waals surface area contributed by atoms with Gasteiger partial charge in [-0.05, 0) is 43.5 Å². The Morgan fingerprint density at radius 3 is 2.52 bits per heavy atom. The van der Waals surface area contributed by atoms with Crippen LogP contribution in [0.5, 0.6) is 0 Å². The molecule has 8 heteroatoms. The fourth-order valence-electron chi connectivity index (χ4n) is 3.91. The first-order chi connectivity index (χ1) is 13.9. The van der Waals surface area contributed by atoms with Crippen LogP contribution in [0.2, 0.25) is 5.02 Å². The summed E-state index contributed by atoms with van der Waals surface area (Å²) in [5, 5.41) is 3.69. The van der Waals surface area contributed by atoms with Crippen molar-refractivity contribution >= 4 is 33.4 Å². The number of halogens is 1. The summed E-state index contributed by atoms with van der Waals surface area (Å²) in [5.74, 6) is 0.368. The summed E-state index contributed by atoms with van der Waals surface area (Å²) in [6.45, 7) is 3.09. The SMILES string of the molecule is CC(NC(=O)C1CCN(C2=NS(=O)(=O)c3ccccc32)CC1)c1ccccc1Cl. The summed E-state index contributed by atoms with van der Waals surface area (Å²) < 4.78 is 28.5. The average molecular weight is 432 g/mol. The molecular formula is C21H22ClN3O3S. The number of amides is 1. The van der Waals surface area contributed by atoms with Crippen LogP contribution in [0, 0.1) is 5.92 Å². The van der Waals surface area contributed by atoms with Crippen molar-refractivity contribution in [3.05, 3.63) is 64.7 Å². The maximum atomic E-state index is 12.7. The van der Waals surface area contributed by atoms with Crippen molar-refractivity contribution in [3.63, 3.8) is 0 Å². The van der Waals surface area contributed by atoms with E-state index >= 15 is 0 Å².